The minimum atomic E-state index is -1.30. The molecular weight excluding hydrogens is 249 g/mol. The van der Waals surface area contributed by atoms with Gasteiger partial charge in [-0.25, -0.2) is 9.18 Å². The van der Waals surface area contributed by atoms with E-state index in [0.717, 1.165) is 12.5 Å². The third-order valence-corrected chi connectivity index (χ3v) is 3.29. The number of hydrogen-bond acceptors (Lipinski definition) is 2. The zero-order chi connectivity index (χ0) is 14.2. The minimum Gasteiger partial charge on any atom is -0.477 e. The van der Waals surface area contributed by atoms with Crippen LogP contribution < -0.4 is 5.43 Å². The van der Waals surface area contributed by atoms with Gasteiger partial charge >= 0.3 is 5.97 Å². The number of aromatic nitrogens is 1. The second-order valence-corrected chi connectivity index (χ2v) is 4.50. The van der Waals surface area contributed by atoms with Gasteiger partial charge in [0, 0.05) is 17.6 Å². The highest BCUT2D eigenvalue weighted by molar-refractivity contribution is 5.92. The van der Waals surface area contributed by atoms with Crippen molar-refractivity contribution in [3.63, 3.8) is 0 Å². The molecule has 5 heteroatoms. The molecule has 0 bridgehead atoms. The van der Waals surface area contributed by atoms with Crippen molar-refractivity contribution >= 4 is 16.9 Å². The Morgan fingerprint density at radius 3 is 2.74 bits per heavy atom. The number of hydrogen-bond donors (Lipinski definition) is 1. The summed E-state index contributed by atoms with van der Waals surface area (Å²) >= 11 is 0. The second kappa shape index (κ2) is 4.84. The van der Waals surface area contributed by atoms with Gasteiger partial charge < -0.3 is 9.67 Å². The number of fused-ring (bicyclic) bond motifs is 1. The summed E-state index contributed by atoms with van der Waals surface area (Å²) < 4.78 is 15.0. The van der Waals surface area contributed by atoms with Crippen LogP contribution in [0.1, 0.15) is 36.7 Å². The summed E-state index contributed by atoms with van der Waals surface area (Å²) in [5, 5.41) is 9.16. The summed E-state index contributed by atoms with van der Waals surface area (Å²) in [5.41, 5.74) is -0.439. The van der Waals surface area contributed by atoms with E-state index in [2.05, 4.69) is 0 Å². The SMILES string of the molecule is CCC(C)n1cc(C(=O)O)c(=O)c2cc(F)ccc21. The van der Waals surface area contributed by atoms with Gasteiger partial charge in [0.05, 0.1) is 5.52 Å². The van der Waals surface area contributed by atoms with Crippen molar-refractivity contribution in [1.29, 1.82) is 0 Å². The Kier molecular flexibility index (Phi) is 3.38. The smallest absolute Gasteiger partial charge is 0.341 e. The fourth-order valence-corrected chi connectivity index (χ4v) is 2.04. The first-order chi connectivity index (χ1) is 8.95. The van der Waals surface area contributed by atoms with Gasteiger partial charge in [-0.2, -0.15) is 0 Å². The number of halogens is 1. The van der Waals surface area contributed by atoms with Crippen molar-refractivity contribution in [2.45, 2.75) is 26.3 Å². The zero-order valence-electron chi connectivity index (χ0n) is 10.7. The molecule has 2 aromatic rings. The molecule has 0 radical (unpaired) electrons. The lowest BCUT2D eigenvalue weighted by Gasteiger charge is -2.18. The predicted octanol–water partition coefficient (Wildman–Crippen LogP) is 2.81. The molecule has 0 spiro atoms. The van der Waals surface area contributed by atoms with Gasteiger partial charge in [0.1, 0.15) is 11.4 Å². The van der Waals surface area contributed by atoms with Crippen molar-refractivity contribution < 1.29 is 14.3 Å². The number of rotatable bonds is 3. The van der Waals surface area contributed by atoms with Crippen LogP contribution in [-0.2, 0) is 0 Å². The third-order valence-electron chi connectivity index (χ3n) is 3.29. The normalized spacial score (nSPS) is 12.6. The summed E-state index contributed by atoms with van der Waals surface area (Å²) in [5.74, 6) is -1.85. The maximum atomic E-state index is 13.3. The number of carboxylic acids is 1. The fraction of sp³-hybridized carbons (Fsp3) is 0.286. The first-order valence-corrected chi connectivity index (χ1v) is 6.03. The average Bonchev–Trinajstić information content (AvgIpc) is 2.38. The maximum absolute atomic E-state index is 13.3. The van der Waals surface area contributed by atoms with E-state index in [1.54, 1.807) is 4.57 Å². The molecule has 0 aliphatic carbocycles. The Bertz CT molecular complexity index is 706. The Morgan fingerprint density at radius 2 is 2.16 bits per heavy atom. The Morgan fingerprint density at radius 1 is 1.47 bits per heavy atom. The third kappa shape index (κ3) is 2.23. The van der Waals surface area contributed by atoms with Crippen LogP contribution in [0.5, 0.6) is 0 Å². The van der Waals surface area contributed by atoms with E-state index in [4.69, 9.17) is 5.11 Å². The standard InChI is InChI=1S/C14H14FNO3/c1-3-8(2)16-7-11(14(18)19)13(17)10-6-9(15)4-5-12(10)16/h4-8H,3H2,1-2H3,(H,18,19). The predicted molar refractivity (Wildman–Crippen MR) is 70.1 cm³/mol. The van der Waals surface area contributed by atoms with Crippen LogP contribution in [0.25, 0.3) is 10.9 Å². The lowest BCUT2D eigenvalue weighted by Crippen LogP contribution is -2.20. The molecule has 1 heterocycles. The van der Waals surface area contributed by atoms with Crippen LogP contribution in [0, 0.1) is 5.82 Å². The summed E-state index contributed by atoms with van der Waals surface area (Å²) in [4.78, 5) is 23.1. The Balaban J connectivity index is 2.92. The van der Waals surface area contributed by atoms with Crippen LogP contribution in [0.4, 0.5) is 4.39 Å². The topological polar surface area (TPSA) is 59.3 Å². The van der Waals surface area contributed by atoms with E-state index < -0.39 is 17.2 Å². The molecule has 1 aromatic carbocycles. The van der Waals surface area contributed by atoms with Crippen molar-refractivity contribution in [3.05, 3.63) is 46.0 Å². The monoisotopic (exact) mass is 263 g/mol. The van der Waals surface area contributed by atoms with Crippen molar-refractivity contribution in [1.82, 2.24) is 4.57 Å². The highest BCUT2D eigenvalue weighted by atomic mass is 19.1. The van der Waals surface area contributed by atoms with Gasteiger partial charge in [0.2, 0.25) is 5.43 Å². The molecule has 100 valence electrons. The van der Waals surface area contributed by atoms with Gasteiger partial charge in [-0.3, -0.25) is 4.79 Å². The molecule has 0 saturated heterocycles. The molecule has 19 heavy (non-hydrogen) atoms. The molecule has 1 N–H and O–H groups in total. The zero-order valence-corrected chi connectivity index (χ0v) is 10.7. The average molecular weight is 263 g/mol. The van der Waals surface area contributed by atoms with E-state index in [9.17, 15) is 14.0 Å². The summed E-state index contributed by atoms with van der Waals surface area (Å²) in [6.45, 7) is 3.87. The van der Waals surface area contributed by atoms with E-state index in [-0.39, 0.29) is 17.0 Å². The number of benzene rings is 1. The molecular formula is C14H14FNO3. The molecule has 0 fully saturated rings. The molecule has 1 atom stereocenters. The van der Waals surface area contributed by atoms with E-state index >= 15 is 0 Å². The van der Waals surface area contributed by atoms with E-state index in [1.165, 1.54) is 18.3 Å². The van der Waals surface area contributed by atoms with Crippen LogP contribution in [0.3, 0.4) is 0 Å². The highest BCUT2D eigenvalue weighted by Crippen LogP contribution is 2.20. The molecule has 0 amide bonds. The number of carbonyl (C=O) groups is 1. The van der Waals surface area contributed by atoms with E-state index in [1.807, 2.05) is 13.8 Å². The summed E-state index contributed by atoms with van der Waals surface area (Å²) in [7, 11) is 0. The maximum Gasteiger partial charge on any atom is 0.341 e. The largest absolute Gasteiger partial charge is 0.477 e. The van der Waals surface area contributed by atoms with Crippen LogP contribution in [-0.4, -0.2) is 15.6 Å². The van der Waals surface area contributed by atoms with Gasteiger partial charge in [0.25, 0.3) is 0 Å². The lowest BCUT2D eigenvalue weighted by molar-refractivity contribution is 0.0694. The molecule has 2 rings (SSSR count). The summed E-state index contributed by atoms with van der Waals surface area (Å²) in [6.07, 6.45) is 2.10. The van der Waals surface area contributed by atoms with Gasteiger partial charge in [-0.15, -0.1) is 0 Å². The molecule has 1 unspecified atom stereocenters. The minimum absolute atomic E-state index is 0.0201. The van der Waals surface area contributed by atoms with Gasteiger partial charge in [-0.05, 0) is 31.5 Å². The van der Waals surface area contributed by atoms with Gasteiger partial charge in [-0.1, -0.05) is 6.92 Å². The quantitative estimate of drug-likeness (QED) is 0.926. The molecule has 0 aliphatic heterocycles. The van der Waals surface area contributed by atoms with Crippen LogP contribution in [0.15, 0.2) is 29.2 Å². The van der Waals surface area contributed by atoms with Gasteiger partial charge in [0.15, 0.2) is 0 Å². The fourth-order valence-electron chi connectivity index (χ4n) is 2.04. The molecule has 0 saturated carbocycles. The molecule has 4 nitrogen and oxygen atoms in total. The Hall–Kier alpha value is -2.17. The second-order valence-electron chi connectivity index (χ2n) is 4.50. The Labute approximate surface area is 109 Å². The number of carboxylic acid groups (broad SMARTS) is 1. The van der Waals surface area contributed by atoms with Crippen molar-refractivity contribution in [2.24, 2.45) is 0 Å². The number of aromatic carboxylic acids is 1. The highest BCUT2D eigenvalue weighted by Gasteiger charge is 2.16. The first kappa shape index (κ1) is 13.3. The first-order valence-electron chi connectivity index (χ1n) is 6.03. The van der Waals surface area contributed by atoms with Crippen LogP contribution >= 0.6 is 0 Å². The van der Waals surface area contributed by atoms with E-state index in [0.29, 0.717) is 5.52 Å². The lowest BCUT2D eigenvalue weighted by atomic mass is 10.1. The number of nitrogens with zero attached hydrogens (tertiary/aromatic N) is 1. The van der Waals surface area contributed by atoms with Crippen LogP contribution in [0.2, 0.25) is 0 Å². The van der Waals surface area contributed by atoms with Crippen molar-refractivity contribution in [2.75, 3.05) is 0 Å². The number of pyridine rings is 1. The van der Waals surface area contributed by atoms with Crippen molar-refractivity contribution in [3.8, 4) is 0 Å². The summed E-state index contributed by atoms with van der Waals surface area (Å²) in [6, 6.07) is 3.88. The molecule has 1 aromatic heterocycles. The molecule has 0 aliphatic rings.